The standard InChI is InChI=1S/C29H37F3N4O5S/c1-19-17-22(13-14-33-19)20-7-11-24(12-8-20)42(39,40)34-23-9-5-21(6-10-23)26(37)35-15-16-36(25(18-35)29(30,31)32)27(38)41-28(2,3)4/h7-8,11-14,17,21,23,25,34H,5-6,9-10,15-16,18H2,1-4H3. The predicted octanol–water partition coefficient (Wildman–Crippen LogP) is 4.90. The molecule has 1 aromatic carbocycles. The fraction of sp³-hybridized carbons (Fsp3) is 0.552. The number of aryl methyl sites for hydroxylation is 1. The first kappa shape index (κ1) is 31.7. The van der Waals surface area contributed by atoms with Crippen LogP contribution in [0.3, 0.4) is 0 Å². The highest BCUT2D eigenvalue weighted by atomic mass is 32.2. The molecule has 1 atom stereocenters. The van der Waals surface area contributed by atoms with Crippen LogP contribution in [-0.4, -0.2) is 78.7 Å². The van der Waals surface area contributed by atoms with E-state index in [9.17, 15) is 31.2 Å². The molecule has 2 aromatic rings. The number of benzene rings is 1. The summed E-state index contributed by atoms with van der Waals surface area (Å²) in [5.41, 5.74) is 1.68. The summed E-state index contributed by atoms with van der Waals surface area (Å²) in [5, 5.41) is 0. The quantitative estimate of drug-likeness (QED) is 0.516. The Hall–Kier alpha value is -3.19. The monoisotopic (exact) mass is 610 g/mol. The number of hydrogen-bond donors (Lipinski definition) is 1. The lowest BCUT2D eigenvalue weighted by molar-refractivity contribution is -0.195. The number of ether oxygens (including phenoxy) is 1. The second kappa shape index (κ2) is 12.2. The Bertz CT molecular complexity index is 1390. The Morgan fingerprint density at radius 3 is 2.19 bits per heavy atom. The number of pyridine rings is 1. The van der Waals surface area contributed by atoms with E-state index in [2.05, 4.69) is 9.71 Å². The van der Waals surface area contributed by atoms with Crippen molar-refractivity contribution in [2.45, 2.75) is 82.1 Å². The van der Waals surface area contributed by atoms with Crippen LogP contribution in [0, 0.1) is 12.8 Å². The molecule has 4 rings (SSSR count). The third-order valence-electron chi connectivity index (χ3n) is 7.49. The lowest BCUT2D eigenvalue weighted by Crippen LogP contribution is -2.62. The molecule has 1 N–H and O–H groups in total. The molecule has 2 amide bonds. The molecule has 2 aliphatic rings. The first-order valence-corrected chi connectivity index (χ1v) is 15.4. The average Bonchev–Trinajstić information content (AvgIpc) is 2.91. The van der Waals surface area contributed by atoms with Crippen LogP contribution in [-0.2, 0) is 19.6 Å². The van der Waals surface area contributed by atoms with Gasteiger partial charge in [0.1, 0.15) is 11.6 Å². The van der Waals surface area contributed by atoms with Gasteiger partial charge in [-0.25, -0.2) is 17.9 Å². The number of halogens is 3. The summed E-state index contributed by atoms with van der Waals surface area (Å²) in [5.74, 6) is -0.924. The summed E-state index contributed by atoms with van der Waals surface area (Å²) < 4.78 is 75.6. The van der Waals surface area contributed by atoms with Gasteiger partial charge < -0.3 is 9.64 Å². The van der Waals surface area contributed by atoms with Gasteiger partial charge >= 0.3 is 12.3 Å². The van der Waals surface area contributed by atoms with Crippen molar-refractivity contribution in [2.24, 2.45) is 5.92 Å². The van der Waals surface area contributed by atoms with Gasteiger partial charge in [-0.05, 0) is 88.8 Å². The molecule has 1 aromatic heterocycles. The maximum Gasteiger partial charge on any atom is 0.410 e. The topological polar surface area (TPSA) is 109 Å². The third-order valence-corrected chi connectivity index (χ3v) is 9.03. The summed E-state index contributed by atoms with van der Waals surface area (Å²) >= 11 is 0. The number of carbonyl (C=O) groups excluding carboxylic acids is 2. The van der Waals surface area contributed by atoms with Gasteiger partial charge in [0.25, 0.3) is 0 Å². The van der Waals surface area contributed by atoms with Gasteiger partial charge in [0.15, 0.2) is 0 Å². The van der Waals surface area contributed by atoms with E-state index in [0.717, 1.165) is 16.8 Å². The summed E-state index contributed by atoms with van der Waals surface area (Å²) in [6, 6.07) is 7.73. The SMILES string of the molecule is Cc1cc(-c2ccc(S(=O)(=O)NC3CCC(C(=O)N4CCN(C(=O)OC(C)(C)C)C(C(F)(F)F)C4)CC3)cc2)ccn1. The Balaban J connectivity index is 1.33. The highest BCUT2D eigenvalue weighted by Gasteiger charge is 2.50. The van der Waals surface area contributed by atoms with Gasteiger partial charge in [0.05, 0.1) is 11.4 Å². The van der Waals surface area contributed by atoms with Crippen LogP contribution >= 0.6 is 0 Å². The Morgan fingerprint density at radius 2 is 1.62 bits per heavy atom. The van der Waals surface area contributed by atoms with Crippen molar-refractivity contribution < 1.29 is 35.9 Å². The molecule has 0 spiro atoms. The molecule has 1 unspecified atom stereocenters. The fourth-order valence-electron chi connectivity index (χ4n) is 5.36. The molecule has 1 saturated carbocycles. The first-order chi connectivity index (χ1) is 19.5. The molecule has 42 heavy (non-hydrogen) atoms. The molecule has 2 heterocycles. The number of hydrogen-bond acceptors (Lipinski definition) is 6. The summed E-state index contributed by atoms with van der Waals surface area (Å²) in [7, 11) is -3.81. The van der Waals surface area contributed by atoms with E-state index in [0.29, 0.717) is 30.6 Å². The van der Waals surface area contributed by atoms with Gasteiger partial charge in [0, 0.05) is 36.9 Å². The van der Waals surface area contributed by atoms with E-state index in [4.69, 9.17) is 4.74 Å². The smallest absolute Gasteiger partial charge is 0.410 e. The maximum atomic E-state index is 13.9. The van der Waals surface area contributed by atoms with Crippen LogP contribution in [0.5, 0.6) is 0 Å². The predicted molar refractivity (Wildman–Crippen MR) is 150 cm³/mol. The first-order valence-electron chi connectivity index (χ1n) is 13.9. The molecule has 1 aliphatic carbocycles. The van der Waals surface area contributed by atoms with Crippen LogP contribution in [0.2, 0.25) is 0 Å². The highest BCUT2D eigenvalue weighted by molar-refractivity contribution is 7.89. The molecule has 1 aliphatic heterocycles. The van der Waals surface area contributed by atoms with E-state index in [1.807, 2.05) is 19.1 Å². The van der Waals surface area contributed by atoms with Crippen molar-refractivity contribution in [3.8, 4) is 11.1 Å². The number of alkyl halides is 3. The fourth-order valence-corrected chi connectivity index (χ4v) is 6.66. The van der Waals surface area contributed by atoms with Crippen LogP contribution in [0.4, 0.5) is 18.0 Å². The summed E-state index contributed by atoms with van der Waals surface area (Å²) in [4.78, 5) is 31.7. The molecule has 2 fully saturated rings. The minimum absolute atomic E-state index is 0.0354. The molecule has 0 radical (unpaired) electrons. The molecular weight excluding hydrogens is 573 g/mol. The zero-order valence-electron chi connectivity index (χ0n) is 24.1. The number of aromatic nitrogens is 1. The van der Waals surface area contributed by atoms with E-state index < -0.39 is 58.3 Å². The second-order valence-corrected chi connectivity index (χ2v) is 13.6. The van der Waals surface area contributed by atoms with Crippen molar-refractivity contribution in [3.63, 3.8) is 0 Å². The molecule has 13 heteroatoms. The van der Waals surface area contributed by atoms with E-state index >= 15 is 0 Å². The van der Waals surface area contributed by atoms with Crippen molar-refractivity contribution >= 4 is 22.0 Å². The van der Waals surface area contributed by atoms with Crippen LogP contribution in [0.15, 0.2) is 47.5 Å². The maximum absolute atomic E-state index is 13.9. The van der Waals surface area contributed by atoms with Crippen LogP contribution in [0.25, 0.3) is 11.1 Å². The van der Waals surface area contributed by atoms with Gasteiger partial charge in [0.2, 0.25) is 15.9 Å². The van der Waals surface area contributed by atoms with E-state index in [1.165, 1.54) is 17.0 Å². The number of nitrogens with zero attached hydrogens (tertiary/aromatic N) is 3. The zero-order chi connectivity index (χ0) is 30.9. The van der Waals surface area contributed by atoms with Crippen molar-refractivity contribution in [2.75, 3.05) is 19.6 Å². The van der Waals surface area contributed by atoms with Crippen LogP contribution < -0.4 is 4.72 Å². The van der Waals surface area contributed by atoms with Gasteiger partial charge in [-0.3, -0.25) is 14.7 Å². The number of carbonyl (C=O) groups is 2. The number of sulfonamides is 1. The largest absolute Gasteiger partial charge is 0.444 e. The molecule has 0 bridgehead atoms. The zero-order valence-corrected chi connectivity index (χ0v) is 25.0. The van der Waals surface area contributed by atoms with Gasteiger partial charge in [-0.1, -0.05) is 12.1 Å². The summed E-state index contributed by atoms with van der Waals surface area (Å²) in [6.07, 6.45) is -2.66. The summed E-state index contributed by atoms with van der Waals surface area (Å²) in [6.45, 7) is 5.60. The van der Waals surface area contributed by atoms with Crippen molar-refractivity contribution in [1.29, 1.82) is 0 Å². The Kier molecular flexibility index (Phi) is 9.22. The molecule has 1 saturated heterocycles. The van der Waals surface area contributed by atoms with Crippen LogP contribution in [0.1, 0.15) is 52.1 Å². The number of nitrogens with one attached hydrogen (secondary N) is 1. The minimum Gasteiger partial charge on any atom is -0.444 e. The Morgan fingerprint density at radius 1 is 0.976 bits per heavy atom. The average molecular weight is 611 g/mol. The van der Waals surface area contributed by atoms with Gasteiger partial charge in [-0.15, -0.1) is 0 Å². The minimum atomic E-state index is -4.73. The van der Waals surface area contributed by atoms with Gasteiger partial charge in [-0.2, -0.15) is 13.2 Å². The van der Waals surface area contributed by atoms with E-state index in [-0.39, 0.29) is 18.0 Å². The lowest BCUT2D eigenvalue weighted by atomic mass is 9.85. The van der Waals surface area contributed by atoms with Crippen molar-refractivity contribution in [1.82, 2.24) is 19.5 Å². The highest BCUT2D eigenvalue weighted by Crippen LogP contribution is 2.32. The molecule has 230 valence electrons. The molecular formula is C29H37F3N4O5S. The number of piperazine rings is 1. The lowest BCUT2D eigenvalue weighted by Gasteiger charge is -2.43. The number of rotatable bonds is 5. The third kappa shape index (κ3) is 7.80. The second-order valence-electron chi connectivity index (χ2n) is 11.9. The normalized spacial score (nSPS) is 22.1. The van der Waals surface area contributed by atoms with Crippen molar-refractivity contribution in [3.05, 3.63) is 48.3 Å². The molecule has 9 nitrogen and oxygen atoms in total. The Labute approximate surface area is 244 Å². The number of amides is 2. The van der Waals surface area contributed by atoms with E-state index in [1.54, 1.807) is 39.1 Å².